The van der Waals surface area contributed by atoms with Crippen molar-refractivity contribution in [2.24, 2.45) is 23.2 Å². The SMILES string of the molecule is Cc1cc(C)c(C(=O)C(CC(C)CC(C)(C)C)C(=O)OCCC(C)C)c(C)c1.O=[PH3]. The number of aryl methyl sites for hydroxylation is 3. The van der Waals surface area contributed by atoms with Crippen LogP contribution in [-0.4, -0.2) is 18.4 Å². The number of carbonyl (C=O) groups is 2. The van der Waals surface area contributed by atoms with Gasteiger partial charge in [-0.1, -0.05) is 59.2 Å². The number of ketones is 1. The average molecular weight is 439 g/mol. The highest BCUT2D eigenvalue weighted by atomic mass is 31.0. The Balaban J connectivity index is 0.00000407. The van der Waals surface area contributed by atoms with Gasteiger partial charge in [-0.05, 0) is 68.4 Å². The van der Waals surface area contributed by atoms with Gasteiger partial charge in [-0.3, -0.25) is 9.59 Å². The molecule has 4 nitrogen and oxygen atoms in total. The van der Waals surface area contributed by atoms with Crippen molar-refractivity contribution in [2.75, 3.05) is 6.61 Å². The Kier molecular flexibility index (Phi) is 12.5. The molecule has 1 rings (SSSR count). The van der Waals surface area contributed by atoms with E-state index < -0.39 is 5.92 Å². The van der Waals surface area contributed by atoms with Gasteiger partial charge in [-0.2, -0.15) is 0 Å². The molecule has 1 aromatic rings. The van der Waals surface area contributed by atoms with Crippen molar-refractivity contribution in [1.82, 2.24) is 0 Å². The topological polar surface area (TPSA) is 60.4 Å². The molecule has 0 aliphatic heterocycles. The Bertz CT molecular complexity index is 681. The number of carbonyl (C=O) groups excluding carboxylic acids is 2. The monoisotopic (exact) mass is 438 g/mol. The molecule has 0 saturated carbocycles. The predicted molar refractivity (Wildman–Crippen MR) is 129 cm³/mol. The molecule has 0 fully saturated rings. The van der Waals surface area contributed by atoms with Crippen molar-refractivity contribution < 1.29 is 18.9 Å². The fourth-order valence-corrected chi connectivity index (χ4v) is 4.08. The molecule has 0 spiro atoms. The molecule has 0 N–H and O–H groups in total. The fourth-order valence-electron chi connectivity index (χ4n) is 4.08. The summed E-state index contributed by atoms with van der Waals surface area (Å²) < 4.78 is 13.8. The van der Waals surface area contributed by atoms with Crippen molar-refractivity contribution in [3.63, 3.8) is 0 Å². The van der Waals surface area contributed by atoms with Gasteiger partial charge in [-0.25, -0.2) is 0 Å². The van der Waals surface area contributed by atoms with E-state index in [1.165, 1.54) is 0 Å². The van der Waals surface area contributed by atoms with Gasteiger partial charge >= 0.3 is 5.97 Å². The summed E-state index contributed by atoms with van der Waals surface area (Å²) in [6.45, 7) is 19.2. The molecule has 30 heavy (non-hydrogen) atoms. The fraction of sp³-hybridized carbons (Fsp3) is 0.680. The maximum absolute atomic E-state index is 13.4. The lowest BCUT2D eigenvalue weighted by Gasteiger charge is -2.26. The third-order valence-corrected chi connectivity index (χ3v) is 5.06. The number of esters is 1. The zero-order valence-corrected chi connectivity index (χ0v) is 22.0. The van der Waals surface area contributed by atoms with Crippen molar-refractivity contribution in [3.05, 3.63) is 34.4 Å². The van der Waals surface area contributed by atoms with Crippen LogP contribution in [0.15, 0.2) is 12.1 Å². The minimum atomic E-state index is -0.732. The third kappa shape index (κ3) is 10.1. The summed E-state index contributed by atoms with van der Waals surface area (Å²) in [5.74, 6) is -0.471. The normalized spacial score (nSPS) is 13.4. The Morgan fingerprint density at radius 1 is 1.00 bits per heavy atom. The van der Waals surface area contributed by atoms with Crippen molar-refractivity contribution in [2.45, 2.75) is 81.6 Å². The second-order valence-corrected chi connectivity index (χ2v) is 10.1. The number of rotatable bonds is 9. The molecule has 0 aliphatic rings. The molecule has 3 unspecified atom stereocenters. The molecule has 0 aromatic heterocycles. The first kappa shape index (κ1) is 28.6. The smallest absolute Gasteiger partial charge is 0.316 e. The van der Waals surface area contributed by atoms with Crippen LogP contribution in [0.5, 0.6) is 0 Å². The van der Waals surface area contributed by atoms with E-state index in [0.29, 0.717) is 33.6 Å². The lowest BCUT2D eigenvalue weighted by molar-refractivity contribution is -0.147. The summed E-state index contributed by atoms with van der Waals surface area (Å²) in [6, 6.07) is 4.03. The van der Waals surface area contributed by atoms with Gasteiger partial charge in [0.2, 0.25) is 0 Å². The van der Waals surface area contributed by atoms with Crippen LogP contribution in [0.4, 0.5) is 0 Å². The summed E-state index contributed by atoms with van der Waals surface area (Å²) in [5.41, 5.74) is 3.84. The first-order valence-electron chi connectivity index (χ1n) is 10.9. The molecule has 1 aromatic carbocycles. The molecule has 0 amide bonds. The van der Waals surface area contributed by atoms with Crippen LogP contribution in [0.1, 0.15) is 87.9 Å². The van der Waals surface area contributed by atoms with Gasteiger partial charge in [0, 0.05) is 5.56 Å². The van der Waals surface area contributed by atoms with E-state index in [1.54, 1.807) is 0 Å². The van der Waals surface area contributed by atoms with Gasteiger partial charge in [0.05, 0.1) is 15.7 Å². The maximum Gasteiger partial charge on any atom is 0.316 e. The van der Waals surface area contributed by atoms with Crippen LogP contribution in [0.3, 0.4) is 0 Å². The van der Waals surface area contributed by atoms with E-state index in [1.807, 2.05) is 32.9 Å². The number of Topliss-reactive ketones (excluding diaryl/α,β-unsaturated/α-hetero) is 1. The molecule has 172 valence electrons. The quantitative estimate of drug-likeness (QED) is 0.194. The second kappa shape index (κ2) is 13.1. The van der Waals surface area contributed by atoms with E-state index >= 15 is 0 Å². The van der Waals surface area contributed by atoms with Gasteiger partial charge in [-0.15, -0.1) is 0 Å². The number of ether oxygens (including phenoxy) is 1. The molecule has 3 atom stereocenters. The van der Waals surface area contributed by atoms with Crippen LogP contribution in [0, 0.1) is 43.9 Å². The lowest BCUT2D eigenvalue weighted by atomic mass is 9.79. The number of hydrogen-bond acceptors (Lipinski definition) is 4. The van der Waals surface area contributed by atoms with Crippen LogP contribution in [0.25, 0.3) is 0 Å². The highest BCUT2D eigenvalue weighted by Gasteiger charge is 2.33. The Morgan fingerprint density at radius 2 is 1.50 bits per heavy atom. The molecule has 0 aliphatic carbocycles. The molecule has 0 heterocycles. The second-order valence-electron chi connectivity index (χ2n) is 10.1. The summed E-state index contributed by atoms with van der Waals surface area (Å²) in [4.78, 5) is 26.3. The average Bonchev–Trinajstić information content (AvgIpc) is 2.58. The third-order valence-electron chi connectivity index (χ3n) is 5.06. The molecule has 0 bridgehead atoms. The Hall–Kier alpha value is -1.41. The van der Waals surface area contributed by atoms with Crippen LogP contribution in [-0.2, 0) is 14.1 Å². The van der Waals surface area contributed by atoms with Crippen LogP contribution in [0.2, 0.25) is 0 Å². The van der Waals surface area contributed by atoms with E-state index in [0.717, 1.165) is 29.5 Å². The largest absolute Gasteiger partial charge is 0.465 e. The van der Waals surface area contributed by atoms with Crippen LogP contribution < -0.4 is 0 Å². The van der Waals surface area contributed by atoms with E-state index in [4.69, 9.17) is 9.30 Å². The van der Waals surface area contributed by atoms with E-state index in [2.05, 4.69) is 41.5 Å². The molecular formula is C25H43O4P. The van der Waals surface area contributed by atoms with Crippen LogP contribution >= 0.6 is 9.12 Å². The summed E-state index contributed by atoms with van der Waals surface area (Å²) >= 11 is 0. The zero-order chi connectivity index (χ0) is 23.6. The van der Waals surface area contributed by atoms with E-state index in [-0.39, 0.29) is 23.1 Å². The highest BCUT2D eigenvalue weighted by molar-refractivity contribution is 7.00. The predicted octanol–water partition coefficient (Wildman–Crippen LogP) is 6.40. The van der Waals surface area contributed by atoms with Gasteiger partial charge in [0.1, 0.15) is 5.92 Å². The molecule has 0 radical (unpaired) electrons. The van der Waals surface area contributed by atoms with Crippen molar-refractivity contribution >= 4 is 20.9 Å². The van der Waals surface area contributed by atoms with Crippen molar-refractivity contribution in [1.29, 1.82) is 0 Å². The highest BCUT2D eigenvalue weighted by Crippen LogP contribution is 2.31. The first-order valence-corrected chi connectivity index (χ1v) is 11.5. The summed E-state index contributed by atoms with van der Waals surface area (Å²) in [7, 11) is 0.611. The number of benzene rings is 1. The first-order chi connectivity index (χ1) is 13.8. The standard InChI is InChI=1S/C25H40O3.H3OP/c1-16(2)10-11-28-24(27)21(14-18(4)15-25(7,8)9)23(26)22-19(5)12-17(3)13-20(22)6;1-2/h12-13,16,18,21H,10-11,14-15H2,1-9H3;2H3. The van der Waals surface area contributed by atoms with Gasteiger partial charge in [0.15, 0.2) is 5.78 Å². The minimum Gasteiger partial charge on any atom is -0.465 e. The molecule has 5 heteroatoms. The maximum atomic E-state index is 13.4. The molecular weight excluding hydrogens is 395 g/mol. The lowest BCUT2D eigenvalue weighted by Crippen LogP contribution is -2.30. The zero-order valence-electron chi connectivity index (χ0n) is 20.6. The number of hydrogen-bond donors (Lipinski definition) is 0. The van der Waals surface area contributed by atoms with Gasteiger partial charge in [0.25, 0.3) is 0 Å². The Morgan fingerprint density at radius 3 is 1.93 bits per heavy atom. The minimum absolute atomic E-state index is 0.0923. The Labute approximate surface area is 185 Å². The van der Waals surface area contributed by atoms with Gasteiger partial charge < -0.3 is 9.30 Å². The summed E-state index contributed by atoms with van der Waals surface area (Å²) in [6.07, 6.45) is 2.30. The van der Waals surface area contributed by atoms with E-state index in [9.17, 15) is 9.59 Å². The summed E-state index contributed by atoms with van der Waals surface area (Å²) in [5, 5.41) is 0. The van der Waals surface area contributed by atoms with Crippen molar-refractivity contribution in [3.8, 4) is 0 Å². The molecule has 0 saturated heterocycles.